The Morgan fingerprint density at radius 3 is 2.85 bits per heavy atom. The summed E-state index contributed by atoms with van der Waals surface area (Å²) in [6, 6.07) is 15.2. The quantitative estimate of drug-likeness (QED) is 0.416. The number of hydrogen-bond donors (Lipinski definition) is 1. The molecule has 0 atom stereocenters. The predicted octanol–water partition coefficient (Wildman–Crippen LogP) is 5.05. The number of benzene rings is 1. The number of anilines is 1. The number of rotatable bonds is 6. The van der Waals surface area contributed by atoms with E-state index in [9.17, 15) is 4.79 Å². The van der Waals surface area contributed by atoms with Crippen LogP contribution >= 0.6 is 22.9 Å². The van der Waals surface area contributed by atoms with Crippen LogP contribution in [0.5, 0.6) is 0 Å². The zero-order valence-corrected chi connectivity index (χ0v) is 19.4. The van der Waals surface area contributed by atoms with E-state index in [0.717, 1.165) is 47.8 Å². The second kappa shape index (κ2) is 9.72. The van der Waals surface area contributed by atoms with E-state index in [-0.39, 0.29) is 11.8 Å². The lowest BCUT2D eigenvalue weighted by atomic mass is 9.95. The molecule has 33 heavy (non-hydrogen) atoms. The van der Waals surface area contributed by atoms with E-state index < -0.39 is 0 Å². The predicted molar refractivity (Wildman–Crippen MR) is 129 cm³/mol. The summed E-state index contributed by atoms with van der Waals surface area (Å²) < 4.78 is 5.57. The molecule has 1 aromatic carbocycles. The molecule has 1 fully saturated rings. The fourth-order valence-corrected chi connectivity index (χ4v) is 4.81. The van der Waals surface area contributed by atoms with Crippen molar-refractivity contribution in [1.29, 1.82) is 0 Å². The SMILES string of the molecule is O=C(NCc1cccs1)C1CCN(c2ncccc2-c2nc(-c3cccc(Cl)c3)no2)CC1. The molecule has 0 spiro atoms. The van der Waals surface area contributed by atoms with Gasteiger partial charge in [0, 0.05) is 40.7 Å². The molecule has 1 saturated heterocycles. The van der Waals surface area contributed by atoms with Gasteiger partial charge in [-0.25, -0.2) is 4.98 Å². The van der Waals surface area contributed by atoms with Gasteiger partial charge in [-0.05, 0) is 48.6 Å². The zero-order chi connectivity index (χ0) is 22.6. The van der Waals surface area contributed by atoms with Gasteiger partial charge in [-0.3, -0.25) is 4.79 Å². The lowest BCUT2D eigenvalue weighted by Gasteiger charge is -2.32. The minimum Gasteiger partial charge on any atom is -0.356 e. The van der Waals surface area contributed by atoms with Gasteiger partial charge in [0.15, 0.2) is 0 Å². The average Bonchev–Trinajstić information content (AvgIpc) is 3.55. The van der Waals surface area contributed by atoms with Crippen LogP contribution in [0, 0.1) is 5.92 Å². The van der Waals surface area contributed by atoms with Gasteiger partial charge in [0.1, 0.15) is 5.82 Å². The van der Waals surface area contributed by atoms with Crippen LogP contribution in [0.2, 0.25) is 5.02 Å². The molecule has 7 nitrogen and oxygen atoms in total. The van der Waals surface area contributed by atoms with E-state index in [4.69, 9.17) is 16.1 Å². The first-order valence-corrected chi connectivity index (χ1v) is 12.0. The normalized spacial score (nSPS) is 14.4. The van der Waals surface area contributed by atoms with Crippen LogP contribution in [0.15, 0.2) is 64.6 Å². The number of halogens is 1. The van der Waals surface area contributed by atoms with E-state index in [1.165, 1.54) is 0 Å². The molecule has 1 aliphatic heterocycles. The Morgan fingerprint density at radius 1 is 1.18 bits per heavy atom. The number of nitrogens with zero attached hydrogens (tertiary/aromatic N) is 4. The number of pyridine rings is 1. The number of aromatic nitrogens is 3. The van der Waals surface area contributed by atoms with E-state index in [1.54, 1.807) is 29.7 Å². The molecule has 9 heteroatoms. The van der Waals surface area contributed by atoms with Crippen molar-refractivity contribution in [3.63, 3.8) is 0 Å². The molecule has 0 saturated carbocycles. The minimum atomic E-state index is 0.00575. The van der Waals surface area contributed by atoms with Crippen LogP contribution in [-0.2, 0) is 11.3 Å². The minimum absolute atomic E-state index is 0.00575. The highest BCUT2D eigenvalue weighted by atomic mass is 35.5. The van der Waals surface area contributed by atoms with Crippen molar-refractivity contribution in [1.82, 2.24) is 20.4 Å². The molecule has 0 aliphatic carbocycles. The highest BCUT2D eigenvalue weighted by Crippen LogP contribution is 2.32. The lowest BCUT2D eigenvalue weighted by molar-refractivity contribution is -0.125. The first kappa shape index (κ1) is 21.6. The standard InChI is InChI=1S/C24H22ClN5O2S/c25-18-5-1-4-17(14-18)21-28-24(32-29-21)20-7-2-10-26-22(20)30-11-8-16(9-12-30)23(31)27-15-19-6-3-13-33-19/h1-7,10,13-14,16H,8-9,11-12,15H2,(H,27,31). The highest BCUT2D eigenvalue weighted by molar-refractivity contribution is 7.09. The molecule has 0 unspecified atom stereocenters. The van der Waals surface area contributed by atoms with Crippen molar-refractivity contribution < 1.29 is 9.32 Å². The van der Waals surface area contributed by atoms with Gasteiger partial charge in [-0.2, -0.15) is 4.98 Å². The smallest absolute Gasteiger partial charge is 0.261 e. The summed E-state index contributed by atoms with van der Waals surface area (Å²) in [7, 11) is 0. The van der Waals surface area contributed by atoms with Crippen LogP contribution in [0.3, 0.4) is 0 Å². The number of carbonyl (C=O) groups excluding carboxylic acids is 1. The van der Waals surface area contributed by atoms with Gasteiger partial charge >= 0.3 is 0 Å². The first-order chi connectivity index (χ1) is 16.2. The Kier molecular flexibility index (Phi) is 6.37. The van der Waals surface area contributed by atoms with E-state index >= 15 is 0 Å². The van der Waals surface area contributed by atoms with Crippen LogP contribution in [-0.4, -0.2) is 34.1 Å². The molecule has 4 aromatic rings. The monoisotopic (exact) mass is 479 g/mol. The number of thiophene rings is 1. The van der Waals surface area contributed by atoms with Crippen molar-refractivity contribution in [2.75, 3.05) is 18.0 Å². The molecule has 168 valence electrons. The van der Waals surface area contributed by atoms with E-state index in [1.807, 2.05) is 41.8 Å². The van der Waals surface area contributed by atoms with Crippen LogP contribution in [0.25, 0.3) is 22.8 Å². The summed E-state index contributed by atoms with van der Waals surface area (Å²) in [5.74, 6) is 1.79. The molecule has 0 radical (unpaired) electrons. The summed E-state index contributed by atoms with van der Waals surface area (Å²) in [4.78, 5) is 25.1. The van der Waals surface area contributed by atoms with Crippen LogP contribution in [0.1, 0.15) is 17.7 Å². The molecular weight excluding hydrogens is 458 g/mol. The first-order valence-electron chi connectivity index (χ1n) is 10.8. The Bertz CT molecular complexity index is 1240. The molecule has 1 amide bonds. The van der Waals surface area contributed by atoms with Crippen LogP contribution < -0.4 is 10.2 Å². The molecule has 1 N–H and O–H groups in total. The fourth-order valence-electron chi connectivity index (χ4n) is 3.98. The molecule has 4 heterocycles. The molecule has 5 rings (SSSR count). The number of nitrogens with one attached hydrogen (secondary N) is 1. The largest absolute Gasteiger partial charge is 0.356 e. The second-order valence-electron chi connectivity index (χ2n) is 7.87. The Morgan fingerprint density at radius 2 is 2.06 bits per heavy atom. The maximum atomic E-state index is 12.6. The number of amides is 1. The van der Waals surface area contributed by atoms with Crippen molar-refractivity contribution in [2.24, 2.45) is 5.92 Å². The lowest BCUT2D eigenvalue weighted by Crippen LogP contribution is -2.40. The number of hydrogen-bond acceptors (Lipinski definition) is 7. The number of piperidine rings is 1. The maximum absolute atomic E-state index is 12.6. The van der Waals surface area contributed by atoms with Gasteiger partial charge in [0.25, 0.3) is 5.89 Å². The van der Waals surface area contributed by atoms with Crippen molar-refractivity contribution >= 4 is 34.7 Å². The molecule has 1 aliphatic rings. The highest BCUT2D eigenvalue weighted by Gasteiger charge is 2.27. The summed E-state index contributed by atoms with van der Waals surface area (Å²) in [5.41, 5.74) is 1.57. The third-order valence-corrected chi connectivity index (χ3v) is 6.82. The third kappa shape index (κ3) is 4.91. The summed E-state index contributed by atoms with van der Waals surface area (Å²) in [5, 5.41) is 9.82. The third-order valence-electron chi connectivity index (χ3n) is 5.71. The summed E-state index contributed by atoms with van der Waals surface area (Å²) >= 11 is 7.75. The van der Waals surface area contributed by atoms with Crippen molar-refractivity contribution in [2.45, 2.75) is 19.4 Å². The molecular formula is C24H22ClN5O2S. The van der Waals surface area contributed by atoms with Gasteiger partial charge in [0.2, 0.25) is 11.7 Å². The van der Waals surface area contributed by atoms with Crippen molar-refractivity contribution in [3.05, 3.63) is 70.0 Å². The van der Waals surface area contributed by atoms with Crippen LogP contribution in [0.4, 0.5) is 5.82 Å². The molecule has 3 aromatic heterocycles. The van der Waals surface area contributed by atoms with Gasteiger partial charge in [0.05, 0.1) is 12.1 Å². The van der Waals surface area contributed by atoms with E-state index in [2.05, 4.69) is 25.3 Å². The van der Waals surface area contributed by atoms with Gasteiger partial charge in [-0.15, -0.1) is 11.3 Å². The zero-order valence-electron chi connectivity index (χ0n) is 17.8. The molecule has 0 bridgehead atoms. The maximum Gasteiger partial charge on any atom is 0.261 e. The Balaban J connectivity index is 1.27. The Hall–Kier alpha value is -3.23. The summed E-state index contributed by atoms with van der Waals surface area (Å²) in [6.07, 6.45) is 3.29. The van der Waals surface area contributed by atoms with Crippen molar-refractivity contribution in [3.8, 4) is 22.8 Å². The second-order valence-corrected chi connectivity index (χ2v) is 9.34. The van der Waals surface area contributed by atoms with Gasteiger partial charge < -0.3 is 14.7 Å². The number of carbonyl (C=O) groups is 1. The fraction of sp³-hybridized carbons (Fsp3) is 0.250. The average molecular weight is 480 g/mol. The Labute approximate surface area is 200 Å². The van der Waals surface area contributed by atoms with Gasteiger partial charge in [-0.1, -0.05) is 35.0 Å². The topological polar surface area (TPSA) is 84.2 Å². The summed E-state index contributed by atoms with van der Waals surface area (Å²) in [6.45, 7) is 2.06. The van der Waals surface area contributed by atoms with E-state index in [0.29, 0.717) is 23.3 Å².